The Morgan fingerprint density at radius 3 is 2.82 bits per heavy atom. The van der Waals surface area contributed by atoms with Crippen LogP contribution in [0.2, 0.25) is 0 Å². The molecule has 0 radical (unpaired) electrons. The molecule has 0 spiro atoms. The fourth-order valence-corrected chi connectivity index (χ4v) is 1.68. The standard InChI is InChI=1S/C14H19N3/c1-10(2)9-15-14-8-13(16-17-14)12-6-4-5-11(3)7-12/h4-8,10H,9H2,1-3H3,(H2,15,16,17). The second-order valence-electron chi connectivity index (χ2n) is 4.81. The summed E-state index contributed by atoms with van der Waals surface area (Å²) < 4.78 is 0. The summed E-state index contributed by atoms with van der Waals surface area (Å²) in [5.41, 5.74) is 3.49. The summed E-state index contributed by atoms with van der Waals surface area (Å²) in [5.74, 6) is 1.53. The van der Waals surface area contributed by atoms with Gasteiger partial charge in [-0.05, 0) is 24.5 Å². The van der Waals surface area contributed by atoms with Gasteiger partial charge in [0, 0.05) is 12.6 Å². The monoisotopic (exact) mass is 229 g/mol. The third-order valence-electron chi connectivity index (χ3n) is 2.60. The predicted molar refractivity (Wildman–Crippen MR) is 72.1 cm³/mol. The summed E-state index contributed by atoms with van der Waals surface area (Å²) in [6.07, 6.45) is 0. The Bertz CT molecular complexity index is 486. The highest BCUT2D eigenvalue weighted by Gasteiger charge is 2.03. The molecule has 0 atom stereocenters. The zero-order chi connectivity index (χ0) is 12.3. The topological polar surface area (TPSA) is 40.7 Å². The molecule has 1 aromatic heterocycles. The molecule has 0 bridgehead atoms. The minimum absolute atomic E-state index is 0.620. The van der Waals surface area contributed by atoms with Crippen LogP contribution in [0, 0.1) is 12.8 Å². The molecule has 2 rings (SSSR count). The van der Waals surface area contributed by atoms with Crippen molar-refractivity contribution in [2.24, 2.45) is 5.92 Å². The van der Waals surface area contributed by atoms with Crippen molar-refractivity contribution in [3.05, 3.63) is 35.9 Å². The summed E-state index contributed by atoms with van der Waals surface area (Å²) in [4.78, 5) is 0. The summed E-state index contributed by atoms with van der Waals surface area (Å²) in [5, 5.41) is 10.6. The Morgan fingerprint density at radius 2 is 2.12 bits per heavy atom. The minimum Gasteiger partial charge on any atom is -0.368 e. The van der Waals surface area contributed by atoms with E-state index in [1.54, 1.807) is 0 Å². The molecule has 0 saturated carbocycles. The number of hydrogen-bond acceptors (Lipinski definition) is 2. The molecule has 2 aromatic rings. The quantitative estimate of drug-likeness (QED) is 0.843. The second-order valence-corrected chi connectivity index (χ2v) is 4.81. The number of H-pyrrole nitrogens is 1. The molecular weight excluding hydrogens is 210 g/mol. The van der Waals surface area contributed by atoms with Gasteiger partial charge < -0.3 is 5.32 Å². The van der Waals surface area contributed by atoms with Crippen molar-refractivity contribution >= 4 is 5.82 Å². The van der Waals surface area contributed by atoms with Crippen LogP contribution in [-0.2, 0) is 0 Å². The molecule has 3 nitrogen and oxygen atoms in total. The fraction of sp³-hybridized carbons (Fsp3) is 0.357. The average molecular weight is 229 g/mol. The summed E-state index contributed by atoms with van der Waals surface area (Å²) in [6, 6.07) is 10.5. The number of aromatic nitrogens is 2. The third-order valence-corrected chi connectivity index (χ3v) is 2.60. The highest BCUT2D eigenvalue weighted by Crippen LogP contribution is 2.20. The second kappa shape index (κ2) is 5.04. The Balaban J connectivity index is 2.12. The lowest BCUT2D eigenvalue weighted by atomic mass is 10.1. The molecule has 0 fully saturated rings. The molecular formula is C14H19N3. The van der Waals surface area contributed by atoms with Crippen molar-refractivity contribution in [2.75, 3.05) is 11.9 Å². The van der Waals surface area contributed by atoms with Gasteiger partial charge in [-0.15, -0.1) is 0 Å². The van der Waals surface area contributed by atoms with E-state index in [1.165, 1.54) is 11.1 Å². The number of aromatic amines is 1. The van der Waals surface area contributed by atoms with E-state index >= 15 is 0 Å². The number of rotatable bonds is 4. The molecule has 0 aliphatic carbocycles. The highest BCUT2D eigenvalue weighted by molar-refractivity contribution is 5.63. The van der Waals surface area contributed by atoms with Gasteiger partial charge in [0.2, 0.25) is 0 Å². The first-order valence-electron chi connectivity index (χ1n) is 6.01. The maximum Gasteiger partial charge on any atom is 0.148 e. The van der Waals surface area contributed by atoms with Crippen molar-refractivity contribution in [2.45, 2.75) is 20.8 Å². The molecule has 0 amide bonds. The van der Waals surface area contributed by atoms with Crippen molar-refractivity contribution < 1.29 is 0 Å². The maximum atomic E-state index is 4.26. The van der Waals surface area contributed by atoms with Gasteiger partial charge in [0.15, 0.2) is 0 Å². The molecule has 1 heterocycles. The molecule has 3 heteroatoms. The first-order chi connectivity index (χ1) is 8.15. The van der Waals surface area contributed by atoms with Crippen LogP contribution >= 0.6 is 0 Å². The number of anilines is 1. The number of nitrogens with one attached hydrogen (secondary N) is 2. The van der Waals surface area contributed by atoms with Gasteiger partial charge in [-0.25, -0.2) is 0 Å². The van der Waals surface area contributed by atoms with Gasteiger partial charge in [0.25, 0.3) is 0 Å². The number of benzene rings is 1. The molecule has 0 aliphatic rings. The van der Waals surface area contributed by atoms with E-state index in [4.69, 9.17) is 0 Å². The lowest BCUT2D eigenvalue weighted by molar-refractivity contribution is 0.687. The number of nitrogens with zero attached hydrogens (tertiary/aromatic N) is 1. The lowest BCUT2D eigenvalue weighted by Crippen LogP contribution is -2.07. The van der Waals surface area contributed by atoms with Gasteiger partial charge >= 0.3 is 0 Å². The van der Waals surface area contributed by atoms with Gasteiger partial charge in [0.05, 0.1) is 5.69 Å². The van der Waals surface area contributed by atoms with Crippen LogP contribution in [-0.4, -0.2) is 16.7 Å². The highest BCUT2D eigenvalue weighted by atomic mass is 15.2. The third kappa shape index (κ3) is 3.09. The van der Waals surface area contributed by atoms with Crippen LogP contribution in [0.15, 0.2) is 30.3 Å². The molecule has 0 saturated heterocycles. The number of aryl methyl sites for hydroxylation is 1. The van der Waals surface area contributed by atoms with Gasteiger partial charge in [-0.3, -0.25) is 5.10 Å². The molecule has 17 heavy (non-hydrogen) atoms. The van der Waals surface area contributed by atoms with Crippen LogP contribution in [0.25, 0.3) is 11.3 Å². The largest absolute Gasteiger partial charge is 0.368 e. The Hall–Kier alpha value is -1.77. The molecule has 1 aromatic carbocycles. The van der Waals surface area contributed by atoms with Gasteiger partial charge in [-0.1, -0.05) is 37.6 Å². The van der Waals surface area contributed by atoms with E-state index < -0.39 is 0 Å². The van der Waals surface area contributed by atoms with Crippen LogP contribution < -0.4 is 5.32 Å². The van der Waals surface area contributed by atoms with E-state index in [0.29, 0.717) is 5.92 Å². The Kier molecular flexibility index (Phi) is 3.47. The van der Waals surface area contributed by atoms with Crippen LogP contribution in [0.5, 0.6) is 0 Å². The van der Waals surface area contributed by atoms with E-state index in [-0.39, 0.29) is 0 Å². The van der Waals surface area contributed by atoms with Gasteiger partial charge in [0.1, 0.15) is 5.82 Å². The molecule has 90 valence electrons. The number of hydrogen-bond donors (Lipinski definition) is 2. The zero-order valence-electron chi connectivity index (χ0n) is 10.6. The normalized spacial score (nSPS) is 10.8. The van der Waals surface area contributed by atoms with E-state index in [2.05, 4.69) is 66.6 Å². The predicted octanol–water partition coefficient (Wildman–Crippen LogP) is 3.45. The van der Waals surface area contributed by atoms with Crippen molar-refractivity contribution in [1.82, 2.24) is 10.2 Å². The zero-order valence-corrected chi connectivity index (χ0v) is 10.6. The van der Waals surface area contributed by atoms with Crippen molar-refractivity contribution in [3.63, 3.8) is 0 Å². The lowest BCUT2D eigenvalue weighted by Gasteiger charge is -2.04. The van der Waals surface area contributed by atoms with Crippen molar-refractivity contribution in [1.29, 1.82) is 0 Å². The minimum atomic E-state index is 0.620. The molecule has 0 unspecified atom stereocenters. The SMILES string of the molecule is Cc1cccc(-c2cc(NCC(C)C)n[nH]2)c1. The van der Waals surface area contributed by atoms with Crippen LogP contribution in [0.1, 0.15) is 19.4 Å². The Labute approximate surface area is 102 Å². The summed E-state index contributed by atoms with van der Waals surface area (Å²) >= 11 is 0. The van der Waals surface area contributed by atoms with E-state index in [0.717, 1.165) is 18.1 Å². The fourth-order valence-electron chi connectivity index (χ4n) is 1.68. The average Bonchev–Trinajstić information content (AvgIpc) is 2.75. The first-order valence-corrected chi connectivity index (χ1v) is 6.01. The van der Waals surface area contributed by atoms with Crippen LogP contribution in [0.3, 0.4) is 0 Å². The molecule has 0 aliphatic heterocycles. The summed E-state index contributed by atoms with van der Waals surface area (Å²) in [6.45, 7) is 7.40. The molecule has 2 N–H and O–H groups in total. The van der Waals surface area contributed by atoms with E-state index in [9.17, 15) is 0 Å². The maximum absolute atomic E-state index is 4.26. The van der Waals surface area contributed by atoms with Crippen LogP contribution in [0.4, 0.5) is 5.82 Å². The first kappa shape index (κ1) is 11.7. The van der Waals surface area contributed by atoms with Gasteiger partial charge in [-0.2, -0.15) is 5.10 Å². The smallest absolute Gasteiger partial charge is 0.148 e. The van der Waals surface area contributed by atoms with Crippen molar-refractivity contribution in [3.8, 4) is 11.3 Å². The Morgan fingerprint density at radius 1 is 1.29 bits per heavy atom. The van der Waals surface area contributed by atoms with E-state index in [1.807, 2.05) is 0 Å². The summed E-state index contributed by atoms with van der Waals surface area (Å²) in [7, 11) is 0.